The minimum absolute atomic E-state index is 0.256. The topological polar surface area (TPSA) is 55.4 Å². The van der Waals surface area contributed by atoms with Gasteiger partial charge >= 0.3 is 5.97 Å². The highest BCUT2D eigenvalue weighted by atomic mass is 35.5. The van der Waals surface area contributed by atoms with Crippen LogP contribution in [0, 0.1) is 0 Å². The van der Waals surface area contributed by atoms with Crippen LogP contribution in [0.15, 0.2) is 42.5 Å². The second-order valence-corrected chi connectivity index (χ2v) is 5.22. The van der Waals surface area contributed by atoms with Gasteiger partial charge in [-0.15, -0.1) is 0 Å². The third kappa shape index (κ3) is 4.00. The van der Waals surface area contributed by atoms with Gasteiger partial charge in [0.1, 0.15) is 0 Å². The quantitative estimate of drug-likeness (QED) is 0.840. The van der Waals surface area contributed by atoms with E-state index in [4.69, 9.17) is 27.9 Å². The van der Waals surface area contributed by atoms with Gasteiger partial charge in [-0.1, -0.05) is 29.3 Å². The largest absolute Gasteiger partial charge is 0.462 e. The average Bonchev–Trinajstić information content (AvgIpc) is 2.47. The van der Waals surface area contributed by atoms with Gasteiger partial charge in [-0.3, -0.25) is 4.79 Å². The number of nitrogens with one attached hydrogen (secondary N) is 1. The van der Waals surface area contributed by atoms with Crippen LogP contribution in [0.2, 0.25) is 10.0 Å². The zero-order chi connectivity index (χ0) is 16.1. The fourth-order valence-corrected chi connectivity index (χ4v) is 2.30. The fourth-order valence-electron chi connectivity index (χ4n) is 1.81. The first-order chi connectivity index (χ1) is 10.5. The summed E-state index contributed by atoms with van der Waals surface area (Å²) in [6.45, 7) is 2.02. The summed E-state index contributed by atoms with van der Waals surface area (Å²) in [6, 6.07) is 11.1. The van der Waals surface area contributed by atoms with E-state index >= 15 is 0 Å². The maximum Gasteiger partial charge on any atom is 0.338 e. The molecule has 1 amide bonds. The summed E-state index contributed by atoms with van der Waals surface area (Å²) in [6.07, 6.45) is 0. The number of hydrogen-bond acceptors (Lipinski definition) is 3. The molecule has 0 saturated carbocycles. The summed E-state index contributed by atoms with van der Waals surface area (Å²) in [5.74, 6) is -0.828. The first-order valence-electron chi connectivity index (χ1n) is 6.55. The van der Waals surface area contributed by atoms with Crippen LogP contribution < -0.4 is 5.32 Å². The molecule has 2 rings (SSSR count). The van der Waals surface area contributed by atoms with Crippen LogP contribution in [-0.2, 0) is 4.74 Å². The van der Waals surface area contributed by atoms with Crippen molar-refractivity contribution in [3.63, 3.8) is 0 Å². The van der Waals surface area contributed by atoms with Gasteiger partial charge < -0.3 is 10.1 Å². The molecule has 1 N–H and O–H groups in total. The Kier molecular flexibility index (Phi) is 5.41. The lowest BCUT2D eigenvalue weighted by atomic mass is 10.1. The van der Waals surface area contributed by atoms with Crippen molar-refractivity contribution >= 4 is 40.8 Å². The second kappa shape index (κ2) is 7.29. The number of esters is 1. The van der Waals surface area contributed by atoms with E-state index < -0.39 is 5.97 Å². The predicted molar refractivity (Wildman–Crippen MR) is 86.8 cm³/mol. The van der Waals surface area contributed by atoms with Gasteiger partial charge in [0.05, 0.1) is 22.8 Å². The van der Waals surface area contributed by atoms with Gasteiger partial charge in [0, 0.05) is 10.7 Å². The molecular formula is C16H13Cl2NO3. The zero-order valence-electron chi connectivity index (χ0n) is 11.7. The van der Waals surface area contributed by atoms with Crippen LogP contribution in [0.3, 0.4) is 0 Å². The number of carbonyl (C=O) groups excluding carboxylic acids is 2. The zero-order valence-corrected chi connectivity index (χ0v) is 13.2. The molecule has 0 bridgehead atoms. The number of rotatable bonds is 4. The normalized spacial score (nSPS) is 10.1. The Morgan fingerprint density at radius 2 is 1.91 bits per heavy atom. The van der Waals surface area contributed by atoms with E-state index in [1.165, 1.54) is 12.1 Å². The Morgan fingerprint density at radius 3 is 2.59 bits per heavy atom. The Labute approximate surface area is 138 Å². The molecule has 0 radical (unpaired) electrons. The van der Waals surface area contributed by atoms with Gasteiger partial charge in [0.25, 0.3) is 5.91 Å². The number of carbonyl (C=O) groups is 2. The van der Waals surface area contributed by atoms with Crippen LogP contribution in [0.4, 0.5) is 5.69 Å². The van der Waals surface area contributed by atoms with Crippen LogP contribution >= 0.6 is 23.2 Å². The van der Waals surface area contributed by atoms with Crippen LogP contribution in [0.25, 0.3) is 0 Å². The molecule has 2 aromatic rings. The summed E-state index contributed by atoms with van der Waals surface area (Å²) >= 11 is 11.8. The molecule has 22 heavy (non-hydrogen) atoms. The van der Waals surface area contributed by atoms with E-state index in [1.54, 1.807) is 37.3 Å². The summed E-state index contributed by atoms with van der Waals surface area (Å²) in [5.41, 5.74) is 1.14. The van der Waals surface area contributed by atoms with Gasteiger partial charge in [0.2, 0.25) is 0 Å². The minimum atomic E-state index is -0.442. The molecule has 0 aliphatic carbocycles. The molecular weight excluding hydrogens is 325 g/mol. The highest BCUT2D eigenvalue weighted by Gasteiger charge is 2.12. The number of halogens is 2. The number of benzene rings is 2. The van der Waals surface area contributed by atoms with Crippen molar-refractivity contribution in [2.45, 2.75) is 6.92 Å². The van der Waals surface area contributed by atoms with Crippen LogP contribution in [-0.4, -0.2) is 18.5 Å². The Balaban J connectivity index is 2.18. The van der Waals surface area contributed by atoms with E-state index in [0.717, 1.165) is 0 Å². The van der Waals surface area contributed by atoms with Crippen molar-refractivity contribution in [1.29, 1.82) is 0 Å². The molecule has 0 aromatic heterocycles. The molecule has 0 fully saturated rings. The lowest BCUT2D eigenvalue weighted by molar-refractivity contribution is 0.0526. The van der Waals surface area contributed by atoms with Crippen molar-refractivity contribution in [1.82, 2.24) is 0 Å². The lowest BCUT2D eigenvalue weighted by Gasteiger charge is -2.08. The van der Waals surface area contributed by atoms with E-state index in [-0.39, 0.29) is 17.5 Å². The van der Waals surface area contributed by atoms with Crippen molar-refractivity contribution in [3.05, 3.63) is 63.6 Å². The molecule has 0 aliphatic rings. The first-order valence-corrected chi connectivity index (χ1v) is 7.30. The van der Waals surface area contributed by atoms with E-state index in [0.29, 0.717) is 21.8 Å². The van der Waals surface area contributed by atoms with Crippen molar-refractivity contribution in [2.24, 2.45) is 0 Å². The Morgan fingerprint density at radius 1 is 1.14 bits per heavy atom. The molecule has 114 valence electrons. The highest BCUT2D eigenvalue weighted by molar-refractivity contribution is 6.37. The molecule has 0 unspecified atom stereocenters. The summed E-state index contributed by atoms with van der Waals surface area (Å²) in [4.78, 5) is 23.9. The summed E-state index contributed by atoms with van der Waals surface area (Å²) in [7, 11) is 0. The Hall–Kier alpha value is -2.04. The molecule has 6 heteroatoms. The second-order valence-electron chi connectivity index (χ2n) is 4.38. The number of ether oxygens (including phenoxy) is 1. The van der Waals surface area contributed by atoms with Crippen LogP contribution in [0.5, 0.6) is 0 Å². The molecule has 0 saturated heterocycles. The summed E-state index contributed by atoms with van der Waals surface area (Å²) < 4.78 is 4.92. The van der Waals surface area contributed by atoms with Gasteiger partial charge in [0.15, 0.2) is 0 Å². The number of amides is 1. The fraction of sp³-hybridized carbons (Fsp3) is 0.125. The standard InChI is InChI=1S/C16H13Cl2NO3/c1-2-22-16(21)10-4-3-5-12(8-10)19-15(20)13-7-6-11(17)9-14(13)18/h3-9H,2H2,1H3,(H,19,20). The Bertz CT molecular complexity index is 716. The SMILES string of the molecule is CCOC(=O)c1cccc(NC(=O)c2ccc(Cl)cc2Cl)c1. The molecule has 4 nitrogen and oxygen atoms in total. The van der Waals surface area contributed by atoms with Gasteiger partial charge in [-0.2, -0.15) is 0 Å². The van der Waals surface area contributed by atoms with Crippen LogP contribution in [0.1, 0.15) is 27.6 Å². The smallest absolute Gasteiger partial charge is 0.338 e. The molecule has 2 aromatic carbocycles. The van der Waals surface area contributed by atoms with Crippen molar-refractivity contribution in [3.8, 4) is 0 Å². The molecule has 0 heterocycles. The van der Waals surface area contributed by atoms with E-state index in [9.17, 15) is 9.59 Å². The molecule has 0 spiro atoms. The van der Waals surface area contributed by atoms with Crippen molar-refractivity contribution in [2.75, 3.05) is 11.9 Å². The summed E-state index contributed by atoms with van der Waals surface area (Å²) in [5, 5.41) is 3.39. The number of anilines is 1. The molecule has 0 aliphatic heterocycles. The highest BCUT2D eigenvalue weighted by Crippen LogP contribution is 2.22. The lowest BCUT2D eigenvalue weighted by Crippen LogP contribution is -2.13. The predicted octanol–water partition coefficient (Wildman–Crippen LogP) is 4.42. The van der Waals surface area contributed by atoms with Crippen molar-refractivity contribution < 1.29 is 14.3 Å². The number of hydrogen-bond donors (Lipinski definition) is 1. The molecule has 0 atom stereocenters. The maximum atomic E-state index is 12.2. The third-order valence-corrected chi connectivity index (χ3v) is 3.36. The minimum Gasteiger partial charge on any atom is -0.462 e. The van der Waals surface area contributed by atoms with E-state index in [1.807, 2.05) is 0 Å². The van der Waals surface area contributed by atoms with Gasteiger partial charge in [-0.05, 0) is 43.3 Å². The average molecular weight is 338 g/mol. The monoisotopic (exact) mass is 337 g/mol. The third-order valence-electron chi connectivity index (χ3n) is 2.81. The van der Waals surface area contributed by atoms with Gasteiger partial charge in [-0.25, -0.2) is 4.79 Å². The first kappa shape index (κ1) is 16.3. The maximum absolute atomic E-state index is 12.2. The van der Waals surface area contributed by atoms with E-state index in [2.05, 4.69) is 5.32 Å².